The molecule has 2 aromatic heterocycles. The van der Waals surface area contributed by atoms with Crippen molar-refractivity contribution in [3.63, 3.8) is 0 Å². The SMILES string of the molecule is O=C(c1nc2c(F)ccc(Cl)c2[nH]1)N1Cc2cnc(C(F)F)n2C[C@H]1C1CC1. The van der Waals surface area contributed by atoms with E-state index in [1.54, 1.807) is 4.90 Å². The van der Waals surface area contributed by atoms with Gasteiger partial charge in [0, 0.05) is 6.54 Å². The topological polar surface area (TPSA) is 66.8 Å². The van der Waals surface area contributed by atoms with Gasteiger partial charge in [-0.25, -0.2) is 23.1 Å². The number of nitrogens with one attached hydrogen (secondary N) is 1. The number of H-pyrrole nitrogens is 1. The molecule has 1 fully saturated rings. The van der Waals surface area contributed by atoms with Crippen LogP contribution in [0.15, 0.2) is 18.3 Å². The smallest absolute Gasteiger partial charge is 0.295 e. The minimum Gasteiger partial charge on any atom is -0.333 e. The second kappa shape index (κ2) is 6.23. The predicted octanol–water partition coefficient (Wildman–Crippen LogP) is 3.92. The molecule has 28 heavy (non-hydrogen) atoms. The number of aromatic nitrogens is 4. The van der Waals surface area contributed by atoms with Gasteiger partial charge in [0.05, 0.1) is 35.0 Å². The van der Waals surface area contributed by atoms with Crippen LogP contribution in [-0.2, 0) is 13.1 Å². The first-order chi connectivity index (χ1) is 13.4. The Morgan fingerprint density at radius 1 is 1.32 bits per heavy atom. The monoisotopic (exact) mass is 409 g/mol. The second-order valence-corrected chi connectivity index (χ2v) is 7.60. The van der Waals surface area contributed by atoms with Crippen LogP contribution in [0.25, 0.3) is 11.0 Å². The lowest BCUT2D eigenvalue weighted by Crippen LogP contribution is -2.48. The lowest BCUT2D eigenvalue weighted by Gasteiger charge is -2.36. The number of hydrogen-bond acceptors (Lipinski definition) is 3. The minimum atomic E-state index is -2.67. The largest absolute Gasteiger partial charge is 0.333 e. The molecule has 146 valence electrons. The summed E-state index contributed by atoms with van der Waals surface area (Å²) in [5.41, 5.74) is 0.803. The Balaban J connectivity index is 1.53. The number of carbonyl (C=O) groups is 1. The maximum atomic E-state index is 14.0. The first-order valence-corrected chi connectivity index (χ1v) is 9.29. The Labute approximate surface area is 162 Å². The third-order valence-corrected chi connectivity index (χ3v) is 5.76. The van der Waals surface area contributed by atoms with E-state index in [4.69, 9.17) is 11.6 Å². The number of nitrogens with zero attached hydrogens (tertiary/aromatic N) is 4. The fourth-order valence-corrected chi connectivity index (χ4v) is 4.09. The molecule has 0 spiro atoms. The average molecular weight is 410 g/mol. The van der Waals surface area contributed by atoms with Crippen molar-refractivity contribution in [2.45, 2.75) is 38.4 Å². The van der Waals surface area contributed by atoms with Crippen molar-refractivity contribution in [1.29, 1.82) is 0 Å². The lowest BCUT2D eigenvalue weighted by atomic mass is 10.1. The van der Waals surface area contributed by atoms with Gasteiger partial charge < -0.3 is 14.5 Å². The van der Waals surface area contributed by atoms with Crippen LogP contribution < -0.4 is 0 Å². The number of alkyl halides is 2. The van der Waals surface area contributed by atoms with E-state index in [-0.39, 0.29) is 52.8 Å². The third kappa shape index (κ3) is 2.68. The van der Waals surface area contributed by atoms with Gasteiger partial charge in [0.2, 0.25) is 0 Å². The molecule has 0 bridgehead atoms. The molecule has 1 atom stereocenters. The number of rotatable bonds is 3. The Morgan fingerprint density at radius 2 is 2.11 bits per heavy atom. The molecule has 3 aromatic rings. The van der Waals surface area contributed by atoms with Crippen LogP contribution in [0.5, 0.6) is 0 Å². The van der Waals surface area contributed by atoms with Crippen LogP contribution in [0.1, 0.15) is 41.4 Å². The second-order valence-electron chi connectivity index (χ2n) is 7.20. The summed E-state index contributed by atoms with van der Waals surface area (Å²) in [6.07, 6.45) is 0.572. The molecule has 1 aliphatic heterocycles. The maximum absolute atomic E-state index is 14.0. The first-order valence-electron chi connectivity index (χ1n) is 8.91. The van der Waals surface area contributed by atoms with Gasteiger partial charge in [0.25, 0.3) is 12.3 Å². The quantitative estimate of drug-likeness (QED) is 0.713. The molecule has 6 nitrogen and oxygen atoms in total. The Bertz CT molecular complexity index is 1050. The van der Waals surface area contributed by atoms with E-state index in [0.29, 0.717) is 5.69 Å². The standard InChI is InChI=1S/C18H15ClF3N5O/c19-10-3-4-11(20)14-13(10)24-16(25-14)18(28)27-6-9-5-23-17(15(21)22)26(9)7-12(27)8-1-2-8/h3-5,8,12,15H,1-2,6-7H2,(H,24,25)/t12-/m0/s1. The van der Waals surface area contributed by atoms with E-state index >= 15 is 0 Å². The van der Waals surface area contributed by atoms with Gasteiger partial charge >= 0.3 is 0 Å². The number of aromatic amines is 1. The van der Waals surface area contributed by atoms with Gasteiger partial charge in [-0.3, -0.25) is 4.79 Å². The fourth-order valence-electron chi connectivity index (χ4n) is 3.89. The normalized spacial score (nSPS) is 19.5. The zero-order chi connectivity index (χ0) is 19.6. The molecule has 1 saturated carbocycles. The zero-order valence-corrected chi connectivity index (χ0v) is 15.3. The molecule has 0 unspecified atom stereocenters. The van der Waals surface area contributed by atoms with Crippen molar-refractivity contribution >= 4 is 28.5 Å². The number of carbonyl (C=O) groups excluding carboxylic acids is 1. The molecule has 0 saturated heterocycles. The molecular formula is C18H15ClF3N5O. The summed E-state index contributed by atoms with van der Waals surface area (Å²) in [5, 5.41) is 0.264. The van der Waals surface area contributed by atoms with Gasteiger partial charge in [-0.1, -0.05) is 11.6 Å². The minimum absolute atomic E-state index is 0.000796. The highest BCUT2D eigenvalue weighted by Crippen LogP contribution is 2.40. The van der Waals surface area contributed by atoms with Gasteiger partial charge in [-0.2, -0.15) is 0 Å². The van der Waals surface area contributed by atoms with E-state index in [1.165, 1.54) is 22.9 Å². The van der Waals surface area contributed by atoms with Crippen LogP contribution in [-0.4, -0.2) is 36.4 Å². The average Bonchev–Trinajstić information content (AvgIpc) is 3.26. The number of hydrogen-bond donors (Lipinski definition) is 1. The Morgan fingerprint density at radius 3 is 2.79 bits per heavy atom. The van der Waals surface area contributed by atoms with Crippen molar-refractivity contribution in [3.8, 4) is 0 Å². The van der Waals surface area contributed by atoms with Gasteiger partial charge in [0.1, 0.15) is 5.52 Å². The summed E-state index contributed by atoms with van der Waals surface area (Å²) in [5.74, 6) is -1.03. The fraction of sp³-hybridized carbons (Fsp3) is 0.389. The lowest BCUT2D eigenvalue weighted by molar-refractivity contribution is 0.0529. The van der Waals surface area contributed by atoms with E-state index in [2.05, 4.69) is 15.0 Å². The molecule has 1 amide bonds. The highest BCUT2D eigenvalue weighted by molar-refractivity contribution is 6.35. The van der Waals surface area contributed by atoms with Crippen LogP contribution in [0, 0.1) is 11.7 Å². The van der Waals surface area contributed by atoms with E-state index in [9.17, 15) is 18.0 Å². The molecule has 1 aromatic carbocycles. The molecule has 1 N–H and O–H groups in total. The Hall–Kier alpha value is -2.55. The number of fused-ring (bicyclic) bond motifs is 2. The number of halogens is 4. The molecule has 10 heteroatoms. The summed E-state index contributed by atoms with van der Waals surface area (Å²) in [4.78, 5) is 25.5. The predicted molar refractivity (Wildman–Crippen MR) is 94.6 cm³/mol. The Kier molecular flexibility index (Phi) is 3.90. The third-order valence-electron chi connectivity index (χ3n) is 5.44. The summed E-state index contributed by atoms with van der Waals surface area (Å²) in [6.45, 7) is 0.410. The van der Waals surface area contributed by atoms with Crippen LogP contribution in [0.2, 0.25) is 5.02 Å². The van der Waals surface area contributed by atoms with Crippen LogP contribution in [0.3, 0.4) is 0 Å². The van der Waals surface area contributed by atoms with Crippen LogP contribution >= 0.6 is 11.6 Å². The summed E-state index contributed by atoms with van der Waals surface area (Å²) in [7, 11) is 0. The zero-order valence-electron chi connectivity index (χ0n) is 14.5. The molecule has 1 aliphatic carbocycles. The number of benzene rings is 1. The van der Waals surface area contributed by atoms with Crippen molar-refractivity contribution in [1.82, 2.24) is 24.4 Å². The van der Waals surface area contributed by atoms with E-state index in [1.807, 2.05) is 0 Å². The number of imidazole rings is 2. The number of amides is 1. The summed E-state index contributed by atoms with van der Waals surface area (Å²) < 4.78 is 42.0. The van der Waals surface area contributed by atoms with Gasteiger partial charge in [0.15, 0.2) is 17.5 Å². The van der Waals surface area contributed by atoms with Crippen molar-refractivity contribution in [2.24, 2.45) is 5.92 Å². The summed E-state index contributed by atoms with van der Waals surface area (Å²) >= 11 is 6.08. The molecule has 3 heterocycles. The van der Waals surface area contributed by atoms with Gasteiger partial charge in [-0.15, -0.1) is 0 Å². The highest BCUT2D eigenvalue weighted by atomic mass is 35.5. The maximum Gasteiger partial charge on any atom is 0.295 e. The van der Waals surface area contributed by atoms with Crippen LogP contribution in [0.4, 0.5) is 13.2 Å². The van der Waals surface area contributed by atoms with E-state index < -0.39 is 18.1 Å². The summed E-state index contributed by atoms with van der Waals surface area (Å²) in [6, 6.07) is 2.35. The highest BCUT2D eigenvalue weighted by Gasteiger charge is 2.42. The van der Waals surface area contributed by atoms with Crippen molar-refractivity contribution < 1.29 is 18.0 Å². The molecular weight excluding hydrogens is 395 g/mol. The first kappa shape index (κ1) is 17.5. The van der Waals surface area contributed by atoms with Crippen molar-refractivity contribution in [2.75, 3.05) is 0 Å². The van der Waals surface area contributed by atoms with Crippen molar-refractivity contribution in [3.05, 3.63) is 46.5 Å². The van der Waals surface area contributed by atoms with Gasteiger partial charge in [-0.05, 0) is 30.9 Å². The molecule has 5 rings (SSSR count). The van der Waals surface area contributed by atoms with E-state index in [0.717, 1.165) is 12.8 Å². The molecule has 2 aliphatic rings. The molecule has 0 radical (unpaired) electrons.